The highest BCUT2D eigenvalue weighted by Gasteiger charge is 2.43. The Kier molecular flexibility index (Phi) is 10.9. The third-order valence-electron chi connectivity index (χ3n) is 6.97. The van der Waals surface area contributed by atoms with Crippen molar-refractivity contribution < 1.29 is 24.5 Å². The molecule has 182 valence electrons. The Labute approximate surface area is 193 Å². The summed E-state index contributed by atoms with van der Waals surface area (Å²) in [4.78, 5) is 22.9. The van der Waals surface area contributed by atoms with Gasteiger partial charge < -0.3 is 20.3 Å². The molecule has 0 aromatic rings. The van der Waals surface area contributed by atoms with Crippen molar-refractivity contribution in [1.29, 1.82) is 0 Å². The zero-order valence-electron chi connectivity index (χ0n) is 20.1. The Morgan fingerprint density at radius 3 is 2.78 bits per heavy atom. The maximum atomic E-state index is 11.8. The summed E-state index contributed by atoms with van der Waals surface area (Å²) in [5.41, 5.74) is 0.784. The maximum absolute atomic E-state index is 11.8. The van der Waals surface area contributed by atoms with Gasteiger partial charge in [0.25, 0.3) is 0 Å². The van der Waals surface area contributed by atoms with Crippen molar-refractivity contribution in [3.63, 3.8) is 0 Å². The fourth-order valence-electron chi connectivity index (χ4n) is 5.06. The molecule has 0 aromatic carbocycles. The van der Waals surface area contributed by atoms with Gasteiger partial charge in [-0.1, -0.05) is 43.6 Å². The summed E-state index contributed by atoms with van der Waals surface area (Å²) in [5, 5.41) is 23.8. The van der Waals surface area contributed by atoms with E-state index in [1.165, 1.54) is 12.7 Å². The number of nitrogens with one attached hydrogen (secondary N) is 1. The number of methoxy groups -OCH3 is 1. The highest BCUT2D eigenvalue weighted by Crippen LogP contribution is 2.48. The number of ether oxygens (including phenoxy) is 1. The summed E-state index contributed by atoms with van der Waals surface area (Å²) in [5.74, 6) is 0.727. The van der Waals surface area contributed by atoms with E-state index in [0.717, 1.165) is 51.4 Å². The van der Waals surface area contributed by atoms with Crippen LogP contribution in [0.15, 0.2) is 23.8 Å². The van der Waals surface area contributed by atoms with E-state index in [1.54, 1.807) is 0 Å². The molecule has 3 N–H and O–H groups in total. The van der Waals surface area contributed by atoms with Crippen LogP contribution in [0.2, 0.25) is 0 Å². The van der Waals surface area contributed by atoms with Gasteiger partial charge in [0.15, 0.2) is 0 Å². The van der Waals surface area contributed by atoms with Crippen LogP contribution in [0.3, 0.4) is 0 Å². The lowest BCUT2D eigenvalue weighted by Crippen LogP contribution is -2.25. The molecule has 0 radical (unpaired) electrons. The van der Waals surface area contributed by atoms with Gasteiger partial charge in [0.05, 0.1) is 25.2 Å². The molecule has 0 bridgehead atoms. The lowest BCUT2D eigenvalue weighted by molar-refractivity contribution is -0.140. The fraction of sp³-hybridized carbons (Fsp3) is 0.769. The number of allylic oxidation sites excluding steroid dienone is 2. The first-order valence-electron chi connectivity index (χ1n) is 12.4. The minimum atomic E-state index is -0.667. The second-order valence-electron chi connectivity index (χ2n) is 9.85. The predicted octanol–water partition coefficient (Wildman–Crippen LogP) is 4.06. The van der Waals surface area contributed by atoms with Crippen molar-refractivity contribution in [1.82, 2.24) is 5.32 Å². The van der Waals surface area contributed by atoms with Crippen LogP contribution in [0.25, 0.3) is 0 Å². The van der Waals surface area contributed by atoms with Crippen LogP contribution in [0, 0.1) is 17.8 Å². The van der Waals surface area contributed by atoms with E-state index in [-0.39, 0.29) is 30.3 Å². The lowest BCUT2D eigenvalue weighted by atomic mass is 9.87. The van der Waals surface area contributed by atoms with Crippen LogP contribution >= 0.6 is 0 Å². The standard InChI is InChI=1S/C26H43NO5/c1-4-5-13-26(2,31)14-8-10-21-22-17-19(16-20(22)18-23(21)28)9-6-7-11-24(29)27-15-12-25(30)32-3/h8,10,16,20-23,28,31H,4-7,9,11-15,17-18H2,1-3H3,(H,27,29)/b10-8+/t20-,21+,22-,23+,26+/m0/s1. The van der Waals surface area contributed by atoms with Crippen LogP contribution < -0.4 is 5.32 Å². The van der Waals surface area contributed by atoms with Gasteiger partial charge in [0.1, 0.15) is 0 Å². The number of fused-ring (bicyclic) bond motifs is 1. The summed E-state index contributed by atoms with van der Waals surface area (Å²) in [6, 6.07) is 0. The van der Waals surface area contributed by atoms with E-state index in [1.807, 2.05) is 6.92 Å². The minimum Gasteiger partial charge on any atom is -0.469 e. The van der Waals surface area contributed by atoms with Crippen LogP contribution in [-0.4, -0.2) is 47.4 Å². The zero-order valence-corrected chi connectivity index (χ0v) is 20.1. The number of rotatable bonds is 14. The Bertz CT molecular complexity index is 669. The summed E-state index contributed by atoms with van der Waals surface area (Å²) in [7, 11) is 1.34. The number of aliphatic hydroxyl groups excluding tert-OH is 1. The van der Waals surface area contributed by atoms with Crippen molar-refractivity contribution >= 4 is 11.9 Å². The van der Waals surface area contributed by atoms with E-state index >= 15 is 0 Å². The largest absolute Gasteiger partial charge is 0.469 e. The normalized spacial score (nSPS) is 26.6. The highest BCUT2D eigenvalue weighted by atomic mass is 16.5. The van der Waals surface area contributed by atoms with Gasteiger partial charge >= 0.3 is 5.97 Å². The third kappa shape index (κ3) is 8.70. The molecule has 2 rings (SSSR count). The first-order valence-corrected chi connectivity index (χ1v) is 12.4. The molecule has 2 aliphatic rings. The molecular weight excluding hydrogens is 406 g/mol. The molecule has 1 fully saturated rings. The third-order valence-corrected chi connectivity index (χ3v) is 6.97. The molecule has 1 saturated carbocycles. The van der Waals surface area contributed by atoms with Crippen LogP contribution in [0.1, 0.15) is 84.5 Å². The Hall–Kier alpha value is -1.66. The van der Waals surface area contributed by atoms with Crippen LogP contribution in [0.4, 0.5) is 0 Å². The van der Waals surface area contributed by atoms with Crippen molar-refractivity contribution in [2.24, 2.45) is 17.8 Å². The molecule has 6 nitrogen and oxygen atoms in total. The van der Waals surface area contributed by atoms with Gasteiger partial charge in [0.2, 0.25) is 5.91 Å². The Balaban J connectivity index is 1.69. The topological polar surface area (TPSA) is 95.9 Å². The van der Waals surface area contributed by atoms with Crippen molar-refractivity contribution in [2.75, 3.05) is 13.7 Å². The number of carbonyl (C=O) groups excluding carboxylic acids is 2. The van der Waals surface area contributed by atoms with Crippen LogP contribution in [0.5, 0.6) is 0 Å². The first-order chi connectivity index (χ1) is 15.3. The summed E-state index contributed by atoms with van der Waals surface area (Å²) in [6.45, 7) is 4.36. The summed E-state index contributed by atoms with van der Waals surface area (Å²) in [6.07, 6.45) is 15.1. The molecule has 6 heteroatoms. The number of carbonyl (C=O) groups is 2. The highest BCUT2D eigenvalue weighted by molar-refractivity contribution is 5.76. The average molecular weight is 450 g/mol. The second-order valence-corrected chi connectivity index (χ2v) is 9.85. The van der Waals surface area contributed by atoms with Crippen molar-refractivity contribution in [3.05, 3.63) is 23.8 Å². The lowest BCUT2D eigenvalue weighted by Gasteiger charge is -2.22. The van der Waals surface area contributed by atoms with Crippen LogP contribution in [-0.2, 0) is 14.3 Å². The number of hydrogen-bond donors (Lipinski definition) is 3. The number of hydrogen-bond acceptors (Lipinski definition) is 5. The quantitative estimate of drug-likeness (QED) is 0.211. The van der Waals surface area contributed by atoms with E-state index < -0.39 is 5.60 Å². The molecule has 0 heterocycles. The monoisotopic (exact) mass is 449 g/mol. The molecule has 1 amide bonds. The van der Waals surface area contributed by atoms with Gasteiger partial charge in [-0.3, -0.25) is 9.59 Å². The van der Waals surface area contributed by atoms with Crippen molar-refractivity contribution in [2.45, 2.75) is 96.2 Å². The van der Waals surface area contributed by atoms with Gasteiger partial charge in [-0.15, -0.1) is 0 Å². The molecule has 0 aliphatic heterocycles. The van der Waals surface area contributed by atoms with Crippen molar-refractivity contribution in [3.8, 4) is 0 Å². The minimum absolute atomic E-state index is 0.0192. The Morgan fingerprint density at radius 1 is 1.28 bits per heavy atom. The van der Waals surface area contributed by atoms with Gasteiger partial charge in [0, 0.05) is 18.9 Å². The smallest absolute Gasteiger partial charge is 0.307 e. The zero-order chi connectivity index (χ0) is 23.6. The average Bonchev–Trinajstić information content (AvgIpc) is 3.26. The molecule has 0 unspecified atom stereocenters. The second kappa shape index (κ2) is 13.1. The molecule has 2 aliphatic carbocycles. The van der Waals surface area contributed by atoms with Gasteiger partial charge in [-0.05, 0) is 63.7 Å². The molecule has 32 heavy (non-hydrogen) atoms. The first kappa shape index (κ1) is 26.6. The fourth-order valence-corrected chi connectivity index (χ4v) is 5.06. The van der Waals surface area contributed by atoms with E-state index in [9.17, 15) is 19.8 Å². The van der Waals surface area contributed by atoms with E-state index in [4.69, 9.17) is 0 Å². The molecule has 0 spiro atoms. The Morgan fingerprint density at radius 2 is 2.06 bits per heavy atom. The summed E-state index contributed by atoms with van der Waals surface area (Å²) < 4.78 is 4.56. The molecular formula is C26H43NO5. The number of unbranched alkanes of at least 4 members (excludes halogenated alkanes) is 2. The van der Waals surface area contributed by atoms with Gasteiger partial charge in [-0.2, -0.15) is 0 Å². The van der Waals surface area contributed by atoms with E-state index in [0.29, 0.717) is 31.2 Å². The predicted molar refractivity (Wildman–Crippen MR) is 126 cm³/mol. The SMILES string of the molecule is CCCC[C@@](C)(O)C/C=C/[C@@H]1[C@H]2CC(CCCCC(=O)NCCC(=O)OC)=C[C@H]2C[C@H]1O. The summed E-state index contributed by atoms with van der Waals surface area (Å²) >= 11 is 0. The number of aliphatic hydroxyl groups is 2. The number of amides is 1. The van der Waals surface area contributed by atoms with Gasteiger partial charge in [-0.25, -0.2) is 0 Å². The van der Waals surface area contributed by atoms with E-state index in [2.05, 4.69) is 35.2 Å². The molecule has 0 aromatic heterocycles. The molecule has 5 atom stereocenters. The maximum Gasteiger partial charge on any atom is 0.307 e. The number of esters is 1. The molecule has 0 saturated heterocycles.